The maximum atomic E-state index is 11.5. The SMILES string of the molecule is Cc1cc(C)c(C)c(N2CCN(CC(N)=O)[C@@H](c3ccccn3)C2)c1C. The van der Waals surface area contributed by atoms with Crippen LogP contribution in [0, 0.1) is 27.7 Å². The Morgan fingerprint density at radius 2 is 1.85 bits per heavy atom. The molecule has 138 valence electrons. The highest BCUT2D eigenvalue weighted by Crippen LogP contribution is 2.34. The summed E-state index contributed by atoms with van der Waals surface area (Å²) in [7, 11) is 0. The van der Waals surface area contributed by atoms with Crippen molar-refractivity contribution in [3.63, 3.8) is 0 Å². The van der Waals surface area contributed by atoms with Crippen molar-refractivity contribution in [2.24, 2.45) is 5.73 Å². The minimum atomic E-state index is -0.293. The number of aromatic nitrogens is 1. The summed E-state index contributed by atoms with van der Waals surface area (Å²) in [6, 6.07) is 8.26. The van der Waals surface area contributed by atoms with Crippen molar-refractivity contribution < 1.29 is 4.79 Å². The van der Waals surface area contributed by atoms with E-state index in [1.54, 1.807) is 0 Å². The van der Waals surface area contributed by atoms with Gasteiger partial charge in [0.2, 0.25) is 5.91 Å². The van der Waals surface area contributed by atoms with Crippen LogP contribution in [0.2, 0.25) is 0 Å². The van der Waals surface area contributed by atoms with E-state index in [1.807, 2.05) is 24.4 Å². The molecule has 1 aromatic heterocycles. The average Bonchev–Trinajstić information content (AvgIpc) is 2.61. The van der Waals surface area contributed by atoms with E-state index >= 15 is 0 Å². The zero-order valence-electron chi connectivity index (χ0n) is 16.1. The van der Waals surface area contributed by atoms with Crippen LogP contribution in [-0.2, 0) is 4.79 Å². The van der Waals surface area contributed by atoms with Gasteiger partial charge in [0, 0.05) is 31.5 Å². The Kier molecular flexibility index (Phi) is 5.28. The number of carbonyl (C=O) groups excluding carboxylic acids is 1. The highest BCUT2D eigenvalue weighted by molar-refractivity contribution is 5.76. The molecular formula is C21H28N4O. The number of pyridine rings is 1. The molecule has 1 aliphatic rings. The minimum absolute atomic E-state index is 0.0528. The van der Waals surface area contributed by atoms with Gasteiger partial charge in [0.15, 0.2) is 0 Å². The Hall–Kier alpha value is -2.40. The largest absolute Gasteiger partial charge is 0.369 e. The number of piperazine rings is 1. The Balaban J connectivity index is 1.97. The normalized spacial score (nSPS) is 18.2. The van der Waals surface area contributed by atoms with Gasteiger partial charge >= 0.3 is 0 Å². The van der Waals surface area contributed by atoms with Gasteiger partial charge in [-0.1, -0.05) is 12.1 Å². The molecular weight excluding hydrogens is 324 g/mol. The standard InChI is InChI=1S/C21H28N4O/c1-14-11-15(2)17(4)21(16(14)3)25-10-9-24(13-20(22)26)19(12-25)18-7-5-6-8-23-18/h5-8,11,19H,9-10,12-13H2,1-4H3,(H2,22,26)/t19-/m1/s1. The molecule has 0 saturated carbocycles. The molecule has 0 spiro atoms. The number of anilines is 1. The zero-order valence-corrected chi connectivity index (χ0v) is 16.1. The van der Waals surface area contributed by atoms with Crippen LogP contribution in [0.3, 0.4) is 0 Å². The second kappa shape index (κ2) is 7.46. The molecule has 1 aliphatic heterocycles. The number of aryl methyl sites for hydroxylation is 2. The summed E-state index contributed by atoms with van der Waals surface area (Å²) in [5.74, 6) is -0.293. The number of rotatable bonds is 4. The molecule has 1 amide bonds. The summed E-state index contributed by atoms with van der Waals surface area (Å²) >= 11 is 0. The molecule has 2 heterocycles. The summed E-state index contributed by atoms with van der Waals surface area (Å²) in [5, 5.41) is 0. The molecule has 3 rings (SSSR count). The highest BCUT2D eigenvalue weighted by Gasteiger charge is 2.31. The molecule has 1 fully saturated rings. The molecule has 2 aromatic rings. The fraction of sp³-hybridized carbons (Fsp3) is 0.429. The Bertz CT molecular complexity index is 777. The lowest BCUT2D eigenvalue weighted by Gasteiger charge is -2.43. The first-order valence-corrected chi connectivity index (χ1v) is 9.14. The van der Waals surface area contributed by atoms with Gasteiger partial charge in [0.25, 0.3) is 0 Å². The van der Waals surface area contributed by atoms with E-state index in [2.05, 4.69) is 48.5 Å². The Morgan fingerprint density at radius 1 is 1.15 bits per heavy atom. The molecule has 1 saturated heterocycles. The van der Waals surface area contributed by atoms with Crippen LogP contribution >= 0.6 is 0 Å². The van der Waals surface area contributed by atoms with Crippen molar-refractivity contribution in [1.82, 2.24) is 9.88 Å². The van der Waals surface area contributed by atoms with E-state index in [0.29, 0.717) is 0 Å². The van der Waals surface area contributed by atoms with E-state index in [-0.39, 0.29) is 18.5 Å². The van der Waals surface area contributed by atoms with Gasteiger partial charge in [0.1, 0.15) is 0 Å². The molecule has 0 bridgehead atoms. The topological polar surface area (TPSA) is 62.5 Å². The van der Waals surface area contributed by atoms with Gasteiger partial charge in [-0.25, -0.2) is 0 Å². The number of primary amides is 1. The van der Waals surface area contributed by atoms with Crippen LogP contribution < -0.4 is 10.6 Å². The van der Waals surface area contributed by atoms with Crippen LogP contribution in [0.25, 0.3) is 0 Å². The van der Waals surface area contributed by atoms with Crippen LogP contribution in [0.15, 0.2) is 30.5 Å². The lowest BCUT2D eigenvalue weighted by molar-refractivity contribution is -0.119. The molecule has 0 aliphatic carbocycles. The molecule has 0 unspecified atom stereocenters. The van der Waals surface area contributed by atoms with Gasteiger partial charge in [-0.05, 0) is 62.1 Å². The molecule has 1 atom stereocenters. The quantitative estimate of drug-likeness (QED) is 0.919. The lowest BCUT2D eigenvalue weighted by atomic mass is 9.96. The van der Waals surface area contributed by atoms with Gasteiger partial charge in [-0.2, -0.15) is 0 Å². The summed E-state index contributed by atoms with van der Waals surface area (Å²) in [6.07, 6.45) is 1.81. The third kappa shape index (κ3) is 3.58. The lowest BCUT2D eigenvalue weighted by Crippen LogP contribution is -2.51. The first-order chi connectivity index (χ1) is 12.4. The molecule has 5 nitrogen and oxygen atoms in total. The Morgan fingerprint density at radius 3 is 2.42 bits per heavy atom. The van der Waals surface area contributed by atoms with Gasteiger partial charge in [-0.15, -0.1) is 0 Å². The molecule has 1 aromatic carbocycles. The van der Waals surface area contributed by atoms with Crippen LogP contribution in [0.4, 0.5) is 5.69 Å². The third-order valence-electron chi connectivity index (χ3n) is 5.52. The summed E-state index contributed by atoms with van der Waals surface area (Å²) in [6.45, 7) is 11.5. The smallest absolute Gasteiger partial charge is 0.231 e. The van der Waals surface area contributed by atoms with Crippen molar-refractivity contribution in [3.05, 3.63) is 58.4 Å². The zero-order chi connectivity index (χ0) is 18.8. The van der Waals surface area contributed by atoms with E-state index in [1.165, 1.54) is 27.9 Å². The molecule has 2 N–H and O–H groups in total. The summed E-state index contributed by atoms with van der Waals surface area (Å²) < 4.78 is 0. The van der Waals surface area contributed by atoms with Crippen molar-refractivity contribution in [2.45, 2.75) is 33.7 Å². The van der Waals surface area contributed by atoms with E-state index < -0.39 is 0 Å². The van der Waals surface area contributed by atoms with Crippen molar-refractivity contribution in [1.29, 1.82) is 0 Å². The highest BCUT2D eigenvalue weighted by atomic mass is 16.1. The number of nitrogens with zero attached hydrogens (tertiary/aromatic N) is 3. The molecule has 0 radical (unpaired) electrons. The number of amides is 1. The number of hydrogen-bond donors (Lipinski definition) is 1. The number of carbonyl (C=O) groups is 1. The summed E-state index contributed by atoms with van der Waals surface area (Å²) in [4.78, 5) is 20.7. The average molecular weight is 352 g/mol. The van der Waals surface area contributed by atoms with Gasteiger partial charge in [-0.3, -0.25) is 14.7 Å². The predicted octanol–water partition coefficient (Wildman–Crippen LogP) is 2.66. The van der Waals surface area contributed by atoms with Gasteiger partial charge < -0.3 is 10.6 Å². The van der Waals surface area contributed by atoms with Gasteiger partial charge in [0.05, 0.1) is 18.3 Å². The number of hydrogen-bond acceptors (Lipinski definition) is 4. The van der Waals surface area contributed by atoms with Crippen molar-refractivity contribution in [2.75, 3.05) is 31.1 Å². The van der Waals surface area contributed by atoms with E-state index in [0.717, 1.165) is 25.3 Å². The maximum absolute atomic E-state index is 11.5. The second-order valence-corrected chi connectivity index (χ2v) is 7.26. The first kappa shape index (κ1) is 18.4. The molecule has 26 heavy (non-hydrogen) atoms. The first-order valence-electron chi connectivity index (χ1n) is 9.14. The third-order valence-corrected chi connectivity index (χ3v) is 5.52. The Labute approximate surface area is 155 Å². The van der Waals surface area contributed by atoms with E-state index in [9.17, 15) is 4.79 Å². The predicted molar refractivity (Wildman–Crippen MR) is 105 cm³/mol. The van der Waals surface area contributed by atoms with Crippen LogP contribution in [0.5, 0.6) is 0 Å². The van der Waals surface area contributed by atoms with Crippen LogP contribution in [-0.4, -0.2) is 42.0 Å². The summed E-state index contributed by atoms with van der Waals surface area (Å²) in [5.41, 5.74) is 13.1. The number of benzene rings is 1. The fourth-order valence-corrected chi connectivity index (χ4v) is 3.94. The maximum Gasteiger partial charge on any atom is 0.231 e. The second-order valence-electron chi connectivity index (χ2n) is 7.26. The van der Waals surface area contributed by atoms with Crippen molar-refractivity contribution in [3.8, 4) is 0 Å². The number of nitrogens with two attached hydrogens (primary N) is 1. The van der Waals surface area contributed by atoms with Crippen molar-refractivity contribution >= 4 is 11.6 Å². The van der Waals surface area contributed by atoms with E-state index in [4.69, 9.17) is 5.73 Å². The minimum Gasteiger partial charge on any atom is -0.369 e. The molecule has 5 heteroatoms. The fourth-order valence-electron chi connectivity index (χ4n) is 3.94. The van der Waals surface area contributed by atoms with Crippen LogP contribution in [0.1, 0.15) is 34.0 Å². The monoisotopic (exact) mass is 352 g/mol.